The average Bonchev–Trinajstić information content (AvgIpc) is 3.37. The first-order valence-electron chi connectivity index (χ1n) is 9.33. The molecule has 4 rings (SSSR count). The molecule has 2 heterocycles. The molecule has 6 nitrogen and oxygen atoms in total. The van der Waals surface area contributed by atoms with E-state index in [2.05, 4.69) is 26.3 Å². The molecule has 0 aliphatic heterocycles. The third kappa shape index (κ3) is 5.48. The number of rotatable bonds is 7. The quantitative estimate of drug-likeness (QED) is 0.265. The van der Waals surface area contributed by atoms with Gasteiger partial charge in [0, 0.05) is 26.3 Å². The summed E-state index contributed by atoms with van der Waals surface area (Å²) in [5.74, 6) is 1.01. The summed E-state index contributed by atoms with van der Waals surface area (Å²) in [6.45, 7) is 0.481. The number of hydrogen-bond acceptors (Lipinski definition) is 4. The van der Waals surface area contributed by atoms with Crippen molar-refractivity contribution >= 4 is 62.5 Å². The van der Waals surface area contributed by atoms with Crippen molar-refractivity contribution in [3.63, 3.8) is 0 Å². The second-order valence-corrected chi connectivity index (χ2v) is 8.82. The number of furan rings is 1. The number of halogens is 4. The highest BCUT2D eigenvalue weighted by atomic mass is 79.9. The molecule has 164 valence electrons. The van der Waals surface area contributed by atoms with Gasteiger partial charge in [-0.3, -0.25) is 9.48 Å². The number of carbonyl (C=O) groups is 1. The van der Waals surface area contributed by atoms with Crippen LogP contribution in [0.1, 0.15) is 21.9 Å². The normalized spacial score (nSPS) is 10.9. The first kappa shape index (κ1) is 22.7. The third-order valence-electron chi connectivity index (χ3n) is 4.41. The van der Waals surface area contributed by atoms with E-state index in [0.29, 0.717) is 33.7 Å². The van der Waals surface area contributed by atoms with Gasteiger partial charge >= 0.3 is 0 Å². The van der Waals surface area contributed by atoms with Crippen LogP contribution in [0.5, 0.6) is 5.75 Å². The lowest BCUT2D eigenvalue weighted by atomic mass is 10.2. The van der Waals surface area contributed by atoms with Crippen molar-refractivity contribution in [2.45, 2.75) is 13.2 Å². The molecule has 0 unspecified atom stereocenters. The van der Waals surface area contributed by atoms with Crippen molar-refractivity contribution in [1.29, 1.82) is 0 Å². The SMILES string of the molecule is O=C(Nc1nn(Cc2c(Cl)cccc2Cl)cc1Cl)c1ccc(COc2ccc(Br)cc2)o1. The summed E-state index contributed by atoms with van der Waals surface area (Å²) in [6, 6.07) is 15.9. The van der Waals surface area contributed by atoms with Crippen molar-refractivity contribution in [2.75, 3.05) is 5.32 Å². The molecule has 32 heavy (non-hydrogen) atoms. The monoisotopic (exact) mass is 553 g/mol. The summed E-state index contributed by atoms with van der Waals surface area (Å²) >= 11 is 22.0. The van der Waals surface area contributed by atoms with Crippen LogP contribution < -0.4 is 10.1 Å². The minimum absolute atomic E-state index is 0.110. The molecule has 2 aromatic carbocycles. The van der Waals surface area contributed by atoms with E-state index in [1.165, 1.54) is 0 Å². The van der Waals surface area contributed by atoms with E-state index in [9.17, 15) is 4.79 Å². The van der Waals surface area contributed by atoms with Crippen LogP contribution in [0.3, 0.4) is 0 Å². The molecule has 4 aromatic rings. The van der Waals surface area contributed by atoms with Gasteiger partial charge in [0.1, 0.15) is 23.1 Å². The average molecular weight is 556 g/mol. The van der Waals surface area contributed by atoms with Gasteiger partial charge in [-0.25, -0.2) is 0 Å². The maximum Gasteiger partial charge on any atom is 0.292 e. The molecule has 1 amide bonds. The summed E-state index contributed by atoms with van der Waals surface area (Å²) in [4.78, 5) is 12.6. The Kier molecular flexibility index (Phi) is 7.10. The van der Waals surface area contributed by atoms with E-state index >= 15 is 0 Å². The number of carbonyl (C=O) groups excluding carboxylic acids is 1. The van der Waals surface area contributed by atoms with Crippen LogP contribution in [0.25, 0.3) is 0 Å². The number of amides is 1. The van der Waals surface area contributed by atoms with Crippen molar-refractivity contribution in [3.8, 4) is 5.75 Å². The molecule has 0 aliphatic carbocycles. The molecular weight excluding hydrogens is 541 g/mol. The zero-order valence-electron chi connectivity index (χ0n) is 16.3. The summed E-state index contributed by atoms with van der Waals surface area (Å²) in [5.41, 5.74) is 0.703. The van der Waals surface area contributed by atoms with Gasteiger partial charge in [0.15, 0.2) is 11.6 Å². The van der Waals surface area contributed by atoms with Crippen LogP contribution in [-0.2, 0) is 13.2 Å². The molecule has 0 spiro atoms. The fourth-order valence-electron chi connectivity index (χ4n) is 2.84. The number of benzene rings is 2. The lowest BCUT2D eigenvalue weighted by molar-refractivity contribution is 0.0992. The van der Waals surface area contributed by atoms with Crippen molar-refractivity contribution in [3.05, 3.63) is 97.4 Å². The molecule has 0 atom stereocenters. The Labute approximate surface area is 207 Å². The van der Waals surface area contributed by atoms with Gasteiger partial charge in [-0.15, -0.1) is 0 Å². The van der Waals surface area contributed by atoms with Gasteiger partial charge in [-0.2, -0.15) is 5.10 Å². The minimum atomic E-state index is -0.484. The highest BCUT2D eigenvalue weighted by Gasteiger charge is 2.17. The number of hydrogen-bond donors (Lipinski definition) is 1. The molecule has 1 N–H and O–H groups in total. The fraction of sp³-hybridized carbons (Fsp3) is 0.0909. The van der Waals surface area contributed by atoms with E-state index in [4.69, 9.17) is 44.0 Å². The van der Waals surface area contributed by atoms with E-state index in [1.807, 2.05) is 24.3 Å². The van der Waals surface area contributed by atoms with Gasteiger partial charge in [0.2, 0.25) is 0 Å². The highest BCUT2D eigenvalue weighted by Crippen LogP contribution is 2.27. The molecule has 0 bridgehead atoms. The standard InChI is InChI=1S/C22H15BrCl3N3O3/c23-13-4-6-14(7-5-13)31-12-15-8-9-20(32-15)22(30)27-21-19(26)11-29(28-21)10-16-17(24)2-1-3-18(16)25/h1-9,11H,10,12H2,(H,27,28,30). The molecule has 0 radical (unpaired) electrons. The maximum absolute atomic E-state index is 12.6. The van der Waals surface area contributed by atoms with Gasteiger partial charge in [-0.05, 0) is 48.5 Å². The summed E-state index contributed by atoms with van der Waals surface area (Å²) < 4.78 is 13.7. The maximum atomic E-state index is 12.6. The Bertz CT molecular complexity index is 1230. The van der Waals surface area contributed by atoms with Crippen LogP contribution in [0.15, 0.2) is 69.7 Å². The molecule has 0 saturated heterocycles. The van der Waals surface area contributed by atoms with Gasteiger partial charge < -0.3 is 14.5 Å². The lowest BCUT2D eigenvalue weighted by Crippen LogP contribution is -2.12. The largest absolute Gasteiger partial charge is 0.486 e. The Morgan fingerprint density at radius 3 is 2.47 bits per heavy atom. The topological polar surface area (TPSA) is 69.3 Å². The first-order chi connectivity index (χ1) is 15.4. The number of ether oxygens (including phenoxy) is 1. The van der Waals surface area contributed by atoms with Gasteiger partial charge in [-0.1, -0.05) is 56.8 Å². The Hall–Kier alpha value is -2.45. The number of anilines is 1. The highest BCUT2D eigenvalue weighted by molar-refractivity contribution is 9.10. The van der Waals surface area contributed by atoms with E-state index in [0.717, 1.165) is 4.47 Å². The van der Waals surface area contributed by atoms with Crippen molar-refractivity contribution in [1.82, 2.24) is 9.78 Å². The van der Waals surface area contributed by atoms with Crippen molar-refractivity contribution < 1.29 is 13.9 Å². The van der Waals surface area contributed by atoms with E-state index in [-0.39, 0.29) is 23.2 Å². The van der Waals surface area contributed by atoms with E-state index < -0.39 is 5.91 Å². The number of nitrogens with one attached hydrogen (secondary N) is 1. The first-order valence-corrected chi connectivity index (χ1v) is 11.3. The Morgan fingerprint density at radius 1 is 1.03 bits per heavy atom. The molecule has 0 saturated carbocycles. The Morgan fingerprint density at radius 2 is 1.75 bits per heavy atom. The van der Waals surface area contributed by atoms with Crippen LogP contribution in [0.2, 0.25) is 15.1 Å². The Balaban J connectivity index is 1.39. The minimum Gasteiger partial charge on any atom is -0.486 e. The molecule has 2 aromatic heterocycles. The number of aromatic nitrogens is 2. The molecular formula is C22H15BrCl3N3O3. The fourth-order valence-corrected chi connectivity index (χ4v) is 3.82. The van der Waals surface area contributed by atoms with Gasteiger partial charge in [0.05, 0.1) is 6.54 Å². The van der Waals surface area contributed by atoms with Crippen LogP contribution in [-0.4, -0.2) is 15.7 Å². The van der Waals surface area contributed by atoms with Gasteiger partial charge in [0.25, 0.3) is 5.91 Å². The zero-order valence-corrected chi connectivity index (χ0v) is 20.2. The van der Waals surface area contributed by atoms with Crippen LogP contribution >= 0.6 is 50.7 Å². The predicted octanol–water partition coefficient (Wildman–Crippen LogP) is 7.08. The summed E-state index contributed by atoms with van der Waals surface area (Å²) in [5, 5.41) is 8.26. The molecule has 0 aliphatic rings. The summed E-state index contributed by atoms with van der Waals surface area (Å²) in [6.07, 6.45) is 1.58. The summed E-state index contributed by atoms with van der Waals surface area (Å²) in [7, 11) is 0. The molecule has 10 heteroatoms. The molecule has 0 fully saturated rings. The number of nitrogens with zero attached hydrogens (tertiary/aromatic N) is 2. The smallest absolute Gasteiger partial charge is 0.292 e. The van der Waals surface area contributed by atoms with Crippen LogP contribution in [0.4, 0.5) is 5.82 Å². The van der Waals surface area contributed by atoms with Crippen molar-refractivity contribution in [2.24, 2.45) is 0 Å². The lowest BCUT2D eigenvalue weighted by Gasteiger charge is -2.06. The second-order valence-electron chi connectivity index (χ2n) is 6.69. The zero-order chi connectivity index (χ0) is 22.7. The van der Waals surface area contributed by atoms with Crippen LogP contribution in [0, 0.1) is 0 Å². The van der Waals surface area contributed by atoms with E-state index in [1.54, 1.807) is 41.2 Å². The third-order valence-corrected chi connectivity index (χ3v) is 5.92. The second kappa shape index (κ2) is 10.0. The predicted molar refractivity (Wildman–Crippen MR) is 128 cm³/mol.